The number of rotatable bonds is 8. The van der Waals surface area contributed by atoms with Crippen LogP contribution >= 0.6 is 0 Å². The van der Waals surface area contributed by atoms with Crippen molar-refractivity contribution < 1.29 is 33.3 Å². The van der Waals surface area contributed by atoms with Crippen LogP contribution in [-0.2, 0) is 39.3 Å². The molecule has 55 heavy (non-hydrogen) atoms. The molecule has 2 aromatic heterocycles. The van der Waals surface area contributed by atoms with E-state index >= 15 is 0 Å². The maximum absolute atomic E-state index is 14.7. The number of carbonyl (C=O) groups excluding carboxylic acids is 2. The molecule has 3 aromatic carbocycles. The minimum Gasteiger partial charge on any atom is -0.493 e. The predicted octanol–water partition coefficient (Wildman–Crippen LogP) is 5.63. The van der Waals surface area contributed by atoms with Gasteiger partial charge in [0.1, 0.15) is 12.0 Å². The summed E-state index contributed by atoms with van der Waals surface area (Å²) in [6.45, 7) is 3.67. The number of esters is 1. The summed E-state index contributed by atoms with van der Waals surface area (Å²) in [5, 5.41) is 4.18. The Balaban J connectivity index is 1.23. The molecule has 0 unspecified atom stereocenters. The fourth-order valence-electron chi connectivity index (χ4n) is 8.82. The molecule has 0 radical (unpaired) electrons. The Kier molecular flexibility index (Phi) is 8.86. The van der Waals surface area contributed by atoms with Crippen LogP contribution in [0.5, 0.6) is 23.0 Å². The quantitative estimate of drug-likeness (QED) is 0.195. The molecule has 0 spiro atoms. The van der Waals surface area contributed by atoms with Gasteiger partial charge >= 0.3 is 5.97 Å². The van der Waals surface area contributed by atoms with Gasteiger partial charge in [-0.3, -0.25) is 19.2 Å². The first-order chi connectivity index (χ1) is 26.6. The number of para-hydroxylation sites is 1. The Morgan fingerprint density at radius 3 is 2.44 bits per heavy atom. The summed E-state index contributed by atoms with van der Waals surface area (Å²) in [5.74, 6) is -0.585. The van der Waals surface area contributed by atoms with E-state index in [9.17, 15) is 19.2 Å². The van der Waals surface area contributed by atoms with Crippen LogP contribution in [0.4, 0.5) is 0 Å². The van der Waals surface area contributed by atoms with E-state index < -0.39 is 29.3 Å². The molecule has 0 saturated carbocycles. The number of benzene rings is 2. The van der Waals surface area contributed by atoms with Crippen LogP contribution in [-0.4, -0.2) is 49.9 Å². The van der Waals surface area contributed by atoms with Crippen LogP contribution in [0.15, 0.2) is 70.3 Å². The predicted molar refractivity (Wildman–Crippen MR) is 205 cm³/mol. The number of hydrogen-bond donors (Lipinski definition) is 1. The van der Waals surface area contributed by atoms with E-state index in [0.717, 1.165) is 22.0 Å². The smallest absolute Gasteiger partial charge is 0.317 e. The molecular formula is C43H41N3O9. The summed E-state index contributed by atoms with van der Waals surface area (Å²) in [7, 11) is 6.03. The minimum absolute atomic E-state index is 0.127. The summed E-state index contributed by atoms with van der Waals surface area (Å²) >= 11 is 0. The number of ether oxygens (including phenoxy) is 5. The zero-order chi connectivity index (χ0) is 38.8. The number of cyclic esters (lactones) is 1. The van der Waals surface area contributed by atoms with Crippen molar-refractivity contribution in [3.8, 4) is 45.5 Å². The van der Waals surface area contributed by atoms with E-state index in [1.54, 1.807) is 30.7 Å². The molecule has 3 aliphatic rings. The highest BCUT2D eigenvalue weighted by Gasteiger charge is 2.53. The number of methoxy groups -OCH3 is 4. The standard InChI is InChI=1S/C43H41N3O9/c1-7-43(29-19-32-37-25(16-23-10-8-9-11-30(23)44-37)20-46(32)41(49)28(29)21-55-42(43)50)22(2)40(48)45-31-14-12-24-17-35(52-4)38(53-5)39(54-6)36(24)26-13-15-34(51-3)33(47)18-27(26)31/h8-11,13,15-19,22,31H,7,12,14,20-21H2,1-6H3,(H,45,48)/t22-,31+,43+/m1/s1. The van der Waals surface area contributed by atoms with Crippen molar-refractivity contribution in [1.82, 2.24) is 14.9 Å². The third kappa shape index (κ3) is 5.37. The van der Waals surface area contributed by atoms with Gasteiger partial charge in [-0.05, 0) is 77.9 Å². The van der Waals surface area contributed by atoms with Crippen molar-refractivity contribution in [3.05, 3.63) is 109 Å². The van der Waals surface area contributed by atoms with Crippen molar-refractivity contribution in [3.63, 3.8) is 0 Å². The Morgan fingerprint density at radius 2 is 1.71 bits per heavy atom. The summed E-state index contributed by atoms with van der Waals surface area (Å²) in [5.41, 5.74) is 4.41. The van der Waals surface area contributed by atoms with Crippen LogP contribution in [0.3, 0.4) is 0 Å². The van der Waals surface area contributed by atoms with Crippen LogP contribution < -0.4 is 35.3 Å². The second-order valence-corrected chi connectivity index (χ2v) is 14.2. The summed E-state index contributed by atoms with van der Waals surface area (Å²) in [4.78, 5) is 61.4. The average Bonchev–Trinajstić information content (AvgIpc) is 3.38. The number of amides is 1. The van der Waals surface area contributed by atoms with E-state index in [4.69, 9.17) is 28.7 Å². The number of pyridine rings is 2. The van der Waals surface area contributed by atoms with Gasteiger partial charge in [-0.25, -0.2) is 4.98 Å². The van der Waals surface area contributed by atoms with Crippen LogP contribution in [0.2, 0.25) is 0 Å². The molecule has 5 aromatic rings. The van der Waals surface area contributed by atoms with Crippen molar-refractivity contribution in [1.29, 1.82) is 0 Å². The van der Waals surface area contributed by atoms with Crippen molar-refractivity contribution in [2.45, 2.75) is 57.7 Å². The lowest BCUT2D eigenvalue weighted by Gasteiger charge is -2.40. The Hall–Kier alpha value is -6.17. The fraction of sp³-hybridized carbons (Fsp3) is 0.326. The van der Waals surface area contributed by atoms with E-state index in [1.807, 2.05) is 49.4 Å². The van der Waals surface area contributed by atoms with Crippen molar-refractivity contribution >= 4 is 22.8 Å². The highest BCUT2D eigenvalue weighted by molar-refractivity contribution is 5.94. The number of aryl methyl sites for hydroxylation is 1. The fourth-order valence-corrected chi connectivity index (χ4v) is 8.82. The molecule has 12 heteroatoms. The van der Waals surface area contributed by atoms with Gasteiger partial charge in [0.05, 0.1) is 69.4 Å². The number of nitrogens with zero attached hydrogens (tertiary/aromatic N) is 2. The molecule has 0 saturated heterocycles. The minimum atomic E-state index is -1.49. The van der Waals surface area contributed by atoms with Gasteiger partial charge in [0, 0.05) is 16.5 Å². The Morgan fingerprint density at radius 1 is 0.945 bits per heavy atom. The van der Waals surface area contributed by atoms with E-state index in [1.165, 1.54) is 27.4 Å². The van der Waals surface area contributed by atoms with E-state index in [2.05, 4.69) is 5.32 Å². The number of fused-ring (bicyclic) bond motifs is 8. The normalized spacial score (nSPS) is 18.4. The van der Waals surface area contributed by atoms with Gasteiger partial charge in [0.25, 0.3) is 5.56 Å². The number of carbonyl (C=O) groups is 2. The maximum atomic E-state index is 14.7. The first kappa shape index (κ1) is 35.8. The highest BCUT2D eigenvalue weighted by atomic mass is 16.5. The zero-order valence-corrected chi connectivity index (χ0v) is 31.5. The molecule has 8 rings (SSSR count). The molecule has 1 N–H and O–H groups in total. The lowest BCUT2D eigenvalue weighted by atomic mass is 9.66. The first-order valence-corrected chi connectivity index (χ1v) is 18.3. The molecule has 0 fully saturated rings. The third-order valence-corrected chi connectivity index (χ3v) is 11.7. The number of nitrogens with one attached hydrogen (secondary N) is 1. The molecule has 282 valence electrons. The van der Waals surface area contributed by atoms with Gasteiger partial charge in [-0.15, -0.1) is 0 Å². The second-order valence-electron chi connectivity index (χ2n) is 14.2. The molecule has 4 heterocycles. The first-order valence-electron chi connectivity index (χ1n) is 18.3. The summed E-state index contributed by atoms with van der Waals surface area (Å²) in [6, 6.07) is 17.7. The molecule has 1 aliphatic carbocycles. The topological polar surface area (TPSA) is 144 Å². The maximum Gasteiger partial charge on any atom is 0.317 e. The Labute approximate surface area is 317 Å². The lowest BCUT2D eigenvalue weighted by Crippen LogP contribution is -2.53. The molecule has 12 nitrogen and oxygen atoms in total. The van der Waals surface area contributed by atoms with Gasteiger partial charge < -0.3 is 33.6 Å². The molecule has 2 aliphatic heterocycles. The highest BCUT2D eigenvalue weighted by Crippen LogP contribution is 2.51. The van der Waals surface area contributed by atoms with Crippen LogP contribution in [0, 0.1) is 5.92 Å². The lowest BCUT2D eigenvalue weighted by molar-refractivity contribution is -0.159. The van der Waals surface area contributed by atoms with Crippen LogP contribution in [0.25, 0.3) is 33.4 Å². The number of aromatic nitrogens is 2. The van der Waals surface area contributed by atoms with Gasteiger partial charge in [0.2, 0.25) is 17.1 Å². The molecule has 1 amide bonds. The van der Waals surface area contributed by atoms with Gasteiger partial charge in [-0.2, -0.15) is 0 Å². The second kappa shape index (κ2) is 13.6. The van der Waals surface area contributed by atoms with Crippen molar-refractivity contribution in [2.75, 3.05) is 28.4 Å². The van der Waals surface area contributed by atoms with Gasteiger partial charge in [0.15, 0.2) is 17.2 Å². The van der Waals surface area contributed by atoms with Crippen molar-refractivity contribution in [2.24, 2.45) is 5.92 Å². The molecule has 3 atom stereocenters. The molecule has 0 bridgehead atoms. The van der Waals surface area contributed by atoms with Gasteiger partial charge in [-0.1, -0.05) is 38.1 Å². The van der Waals surface area contributed by atoms with Crippen LogP contribution in [0.1, 0.15) is 60.5 Å². The Bertz CT molecular complexity index is 2560. The SMILES string of the molecule is CC[C@@]1([C@H](C)C(=O)N[C@H]2CCc3cc(OC)c(OC)c(OC)c3-c3ccc(OC)c(=O)cc32)C(=O)OCc2c1cc1n(c2=O)Cc2cc3ccccc3nc2-1. The monoisotopic (exact) mass is 743 g/mol. The summed E-state index contributed by atoms with van der Waals surface area (Å²) in [6.07, 6.45) is 1.06. The van der Waals surface area contributed by atoms with E-state index in [0.29, 0.717) is 75.8 Å². The number of hydrogen-bond acceptors (Lipinski definition) is 10. The van der Waals surface area contributed by atoms with E-state index in [-0.39, 0.29) is 29.8 Å². The molecular weight excluding hydrogens is 702 g/mol. The summed E-state index contributed by atoms with van der Waals surface area (Å²) < 4.78 is 30.1. The zero-order valence-electron chi connectivity index (χ0n) is 31.5. The third-order valence-electron chi connectivity index (χ3n) is 11.7. The largest absolute Gasteiger partial charge is 0.493 e. The average molecular weight is 744 g/mol.